The van der Waals surface area contributed by atoms with Crippen LogP contribution >= 0.6 is 0 Å². The highest BCUT2D eigenvalue weighted by molar-refractivity contribution is 5.84. The van der Waals surface area contributed by atoms with Gasteiger partial charge < -0.3 is 9.88 Å². The van der Waals surface area contributed by atoms with Gasteiger partial charge in [-0.15, -0.1) is 0 Å². The second-order valence-corrected chi connectivity index (χ2v) is 4.98. The predicted molar refractivity (Wildman–Crippen MR) is 72.5 cm³/mol. The summed E-state index contributed by atoms with van der Waals surface area (Å²) in [5.74, 6) is 0.706. The lowest BCUT2D eigenvalue weighted by Crippen LogP contribution is -2.07. The molecule has 0 aliphatic carbocycles. The van der Waals surface area contributed by atoms with Crippen molar-refractivity contribution >= 4 is 10.9 Å². The molecule has 2 nitrogen and oxygen atoms in total. The molecule has 1 aliphatic heterocycles. The monoisotopic (exact) mass is 228 g/mol. The zero-order valence-electron chi connectivity index (χ0n) is 10.4. The molecule has 2 heterocycles. The third-order valence-corrected chi connectivity index (χ3v) is 3.78. The first-order chi connectivity index (χ1) is 8.40. The number of nitrogens with zero attached hydrogens (tertiary/aromatic N) is 1. The summed E-state index contributed by atoms with van der Waals surface area (Å²) in [5.41, 5.74) is 2.94. The molecule has 0 spiro atoms. The van der Waals surface area contributed by atoms with Crippen molar-refractivity contribution in [2.75, 3.05) is 13.1 Å². The molecule has 1 aromatic heterocycles. The average molecular weight is 228 g/mol. The molecule has 0 bridgehead atoms. The molecule has 1 unspecified atom stereocenters. The maximum Gasteiger partial charge on any atom is 0.0483 e. The molecule has 0 radical (unpaired) electrons. The van der Waals surface area contributed by atoms with Gasteiger partial charge in [-0.25, -0.2) is 0 Å². The van der Waals surface area contributed by atoms with Crippen LogP contribution < -0.4 is 5.32 Å². The number of para-hydroxylation sites is 1. The highest BCUT2D eigenvalue weighted by atomic mass is 15.0. The van der Waals surface area contributed by atoms with Crippen molar-refractivity contribution in [2.45, 2.75) is 32.2 Å². The summed E-state index contributed by atoms with van der Waals surface area (Å²) in [6, 6.07) is 8.82. The van der Waals surface area contributed by atoms with Gasteiger partial charge in [0, 0.05) is 30.2 Å². The van der Waals surface area contributed by atoms with E-state index in [0.717, 1.165) is 19.6 Å². The van der Waals surface area contributed by atoms with E-state index < -0.39 is 0 Å². The molecule has 2 heteroatoms. The number of nitrogens with one attached hydrogen (secondary N) is 1. The van der Waals surface area contributed by atoms with Crippen molar-refractivity contribution in [3.63, 3.8) is 0 Å². The Hall–Kier alpha value is -1.28. The van der Waals surface area contributed by atoms with Crippen molar-refractivity contribution in [1.82, 2.24) is 9.88 Å². The lowest BCUT2D eigenvalue weighted by atomic mass is 9.98. The van der Waals surface area contributed by atoms with E-state index in [4.69, 9.17) is 0 Å². The lowest BCUT2D eigenvalue weighted by molar-refractivity contribution is 0.691. The Kier molecular flexibility index (Phi) is 2.89. The topological polar surface area (TPSA) is 17.0 Å². The molecule has 17 heavy (non-hydrogen) atoms. The van der Waals surface area contributed by atoms with Crippen LogP contribution in [0.25, 0.3) is 10.9 Å². The molecule has 0 amide bonds. The number of rotatable bonds is 3. The van der Waals surface area contributed by atoms with Crippen LogP contribution in [0.3, 0.4) is 0 Å². The molecule has 1 N–H and O–H groups in total. The quantitative estimate of drug-likeness (QED) is 0.854. The summed E-state index contributed by atoms with van der Waals surface area (Å²) in [5, 5.41) is 4.92. The summed E-state index contributed by atoms with van der Waals surface area (Å²) < 4.78 is 2.42. The second-order valence-electron chi connectivity index (χ2n) is 4.98. The SMILES string of the molecule is CCCn1cc(C2CCNC2)c2ccccc21. The molecule has 3 rings (SSSR count). The molecule has 1 saturated heterocycles. The van der Waals surface area contributed by atoms with Gasteiger partial charge in [0.2, 0.25) is 0 Å². The summed E-state index contributed by atoms with van der Waals surface area (Å²) >= 11 is 0. The van der Waals surface area contributed by atoms with Crippen molar-refractivity contribution in [3.8, 4) is 0 Å². The number of benzene rings is 1. The lowest BCUT2D eigenvalue weighted by Gasteiger charge is -2.05. The first-order valence-electron chi connectivity index (χ1n) is 6.68. The number of aromatic nitrogens is 1. The van der Waals surface area contributed by atoms with E-state index in [1.54, 1.807) is 5.56 Å². The van der Waals surface area contributed by atoms with Crippen LogP contribution in [-0.2, 0) is 6.54 Å². The summed E-state index contributed by atoms with van der Waals surface area (Å²) in [6.45, 7) is 5.67. The molecule has 0 saturated carbocycles. The van der Waals surface area contributed by atoms with Gasteiger partial charge in [-0.3, -0.25) is 0 Å². The molecule has 1 aliphatic rings. The van der Waals surface area contributed by atoms with E-state index in [1.807, 2.05) is 0 Å². The fraction of sp³-hybridized carbons (Fsp3) is 0.467. The van der Waals surface area contributed by atoms with Gasteiger partial charge in [0.05, 0.1) is 0 Å². The fourth-order valence-electron chi connectivity index (χ4n) is 2.95. The predicted octanol–water partition coefficient (Wildman–Crippen LogP) is 3.13. The Morgan fingerprint density at radius 1 is 1.35 bits per heavy atom. The van der Waals surface area contributed by atoms with Crippen LogP contribution in [0.5, 0.6) is 0 Å². The molecule has 2 aromatic rings. The standard InChI is InChI=1S/C15H20N2/c1-2-9-17-11-14(12-7-8-16-10-12)13-5-3-4-6-15(13)17/h3-6,11-12,16H,2,7-10H2,1H3. The van der Waals surface area contributed by atoms with Crippen molar-refractivity contribution in [3.05, 3.63) is 36.0 Å². The largest absolute Gasteiger partial charge is 0.347 e. The van der Waals surface area contributed by atoms with Gasteiger partial charge in [0.15, 0.2) is 0 Å². The van der Waals surface area contributed by atoms with Gasteiger partial charge in [0.25, 0.3) is 0 Å². The Morgan fingerprint density at radius 3 is 3.00 bits per heavy atom. The van der Waals surface area contributed by atoms with E-state index in [0.29, 0.717) is 5.92 Å². The highest BCUT2D eigenvalue weighted by Gasteiger charge is 2.20. The van der Waals surface area contributed by atoms with Crippen LogP contribution in [0, 0.1) is 0 Å². The van der Waals surface area contributed by atoms with Crippen molar-refractivity contribution < 1.29 is 0 Å². The highest BCUT2D eigenvalue weighted by Crippen LogP contribution is 2.31. The number of fused-ring (bicyclic) bond motifs is 1. The van der Waals surface area contributed by atoms with Crippen LogP contribution in [-0.4, -0.2) is 17.7 Å². The molecule has 1 atom stereocenters. The summed E-state index contributed by atoms with van der Waals surface area (Å²) in [4.78, 5) is 0. The Labute approximate surface area is 103 Å². The van der Waals surface area contributed by atoms with E-state index >= 15 is 0 Å². The molecular formula is C15H20N2. The smallest absolute Gasteiger partial charge is 0.0483 e. The van der Waals surface area contributed by atoms with E-state index in [2.05, 4.69) is 47.3 Å². The molecular weight excluding hydrogens is 208 g/mol. The third kappa shape index (κ3) is 1.87. The maximum atomic E-state index is 3.47. The zero-order chi connectivity index (χ0) is 11.7. The van der Waals surface area contributed by atoms with Gasteiger partial charge in [-0.2, -0.15) is 0 Å². The van der Waals surface area contributed by atoms with Crippen LogP contribution in [0.1, 0.15) is 31.2 Å². The first-order valence-corrected chi connectivity index (χ1v) is 6.68. The van der Waals surface area contributed by atoms with Crippen LogP contribution in [0.15, 0.2) is 30.5 Å². The number of hydrogen-bond acceptors (Lipinski definition) is 1. The molecule has 90 valence electrons. The molecule has 1 fully saturated rings. The average Bonchev–Trinajstić information content (AvgIpc) is 2.97. The first kappa shape index (κ1) is 10.8. The normalized spacial score (nSPS) is 20.2. The minimum absolute atomic E-state index is 0.706. The van der Waals surface area contributed by atoms with E-state index in [-0.39, 0.29) is 0 Å². The van der Waals surface area contributed by atoms with Gasteiger partial charge in [0.1, 0.15) is 0 Å². The fourth-order valence-corrected chi connectivity index (χ4v) is 2.95. The second kappa shape index (κ2) is 4.53. The third-order valence-electron chi connectivity index (χ3n) is 3.78. The van der Waals surface area contributed by atoms with Gasteiger partial charge in [-0.05, 0) is 36.9 Å². The summed E-state index contributed by atoms with van der Waals surface area (Å²) in [7, 11) is 0. The van der Waals surface area contributed by atoms with E-state index in [9.17, 15) is 0 Å². The Bertz CT molecular complexity index is 507. The minimum Gasteiger partial charge on any atom is -0.347 e. The zero-order valence-corrected chi connectivity index (χ0v) is 10.4. The maximum absolute atomic E-state index is 3.47. The molecule has 1 aromatic carbocycles. The Balaban J connectivity index is 2.10. The van der Waals surface area contributed by atoms with Crippen molar-refractivity contribution in [2.24, 2.45) is 0 Å². The van der Waals surface area contributed by atoms with E-state index in [1.165, 1.54) is 23.7 Å². The van der Waals surface area contributed by atoms with Crippen LogP contribution in [0.4, 0.5) is 0 Å². The van der Waals surface area contributed by atoms with Gasteiger partial charge in [-0.1, -0.05) is 25.1 Å². The Morgan fingerprint density at radius 2 is 2.24 bits per heavy atom. The van der Waals surface area contributed by atoms with Crippen LogP contribution in [0.2, 0.25) is 0 Å². The van der Waals surface area contributed by atoms with Gasteiger partial charge >= 0.3 is 0 Å². The number of aryl methyl sites for hydroxylation is 1. The van der Waals surface area contributed by atoms with Crippen molar-refractivity contribution in [1.29, 1.82) is 0 Å². The number of hydrogen-bond donors (Lipinski definition) is 1. The minimum atomic E-state index is 0.706. The summed E-state index contributed by atoms with van der Waals surface area (Å²) in [6.07, 6.45) is 4.85.